The minimum absolute atomic E-state index is 0. The molecule has 0 radical (unpaired) electrons. The standard InChI is InChI=1S/C42H65N5O11.ClH/c1-11-24(6)35-32(48)21-33(49)58-37(23(4)5)36(50)25(7)38(51)44-29(19-22(2)3)40(53)47-18-12-13-30(47)41(54)46(9)31(20-27-14-16-28(56-10)17-15-27)42(55)57-26(8)34(43)39(52)45-35;/h14-17,22-26,29-32,34-35,37,48H,11-13,18-21,43H2,1-10H3,(H,44,51)(H,45,52);1H/t24-,25-,26+,29-,30-,31-,32-,34-,35+,37-;/m0./s1. The summed E-state index contributed by atoms with van der Waals surface area (Å²) < 4.78 is 16.7. The van der Waals surface area contributed by atoms with Gasteiger partial charge in [-0.15, -0.1) is 12.4 Å². The van der Waals surface area contributed by atoms with Crippen molar-refractivity contribution in [3.63, 3.8) is 0 Å². The lowest BCUT2D eigenvalue weighted by atomic mass is 9.91. The SMILES string of the molecule is CC[C@H](C)[C@H]1NC(=O)[C@@H](N)[C@@H](C)OC(=O)[C@H](Cc2ccc(OC)cc2)N(C)C(=O)[C@@H]2CCCN2C(=O)[C@H](CC(C)C)NC(=O)[C@@H](C)C(=O)[C@H](C(C)C)OC(=O)C[C@@H]1O.Cl. The molecule has 0 bridgehead atoms. The molecule has 0 unspecified atom stereocenters. The zero-order chi connectivity index (χ0) is 43.6. The first-order valence-corrected chi connectivity index (χ1v) is 20.4. The van der Waals surface area contributed by atoms with Gasteiger partial charge in [-0.3, -0.25) is 28.8 Å². The number of esters is 2. The summed E-state index contributed by atoms with van der Waals surface area (Å²) in [6.45, 7) is 13.7. The van der Waals surface area contributed by atoms with Crippen molar-refractivity contribution < 1.29 is 52.9 Å². The molecule has 2 aliphatic rings. The first kappa shape index (κ1) is 50.9. The molecule has 1 aromatic rings. The van der Waals surface area contributed by atoms with Crippen LogP contribution in [0.2, 0.25) is 0 Å². The number of ketones is 1. The average Bonchev–Trinajstić information content (AvgIpc) is 3.68. The molecule has 5 N–H and O–H groups in total. The van der Waals surface area contributed by atoms with Gasteiger partial charge in [0.05, 0.1) is 31.6 Å². The van der Waals surface area contributed by atoms with Crippen LogP contribution in [0.5, 0.6) is 5.75 Å². The van der Waals surface area contributed by atoms with Crippen molar-refractivity contribution in [1.82, 2.24) is 20.4 Å². The molecule has 0 spiro atoms. The number of nitrogens with zero attached hydrogens (tertiary/aromatic N) is 2. The summed E-state index contributed by atoms with van der Waals surface area (Å²) in [5.74, 6) is -6.77. The first-order valence-electron chi connectivity index (χ1n) is 20.4. The van der Waals surface area contributed by atoms with Gasteiger partial charge in [0.25, 0.3) is 0 Å². The van der Waals surface area contributed by atoms with E-state index in [4.69, 9.17) is 19.9 Å². The van der Waals surface area contributed by atoms with Gasteiger partial charge < -0.3 is 45.5 Å². The van der Waals surface area contributed by atoms with Crippen molar-refractivity contribution in [2.24, 2.45) is 29.4 Å². The molecule has 2 fully saturated rings. The van der Waals surface area contributed by atoms with E-state index in [0.717, 1.165) is 0 Å². The maximum atomic E-state index is 14.4. The molecular formula is C42H66ClN5O11. The first-order chi connectivity index (χ1) is 27.2. The molecule has 4 amide bonds. The number of carbonyl (C=O) groups is 7. The third-order valence-electron chi connectivity index (χ3n) is 11.2. The minimum atomic E-state index is -1.47. The van der Waals surface area contributed by atoms with Crippen LogP contribution in [-0.4, -0.2) is 125 Å². The van der Waals surface area contributed by atoms with Crippen molar-refractivity contribution >= 4 is 53.8 Å². The number of likely N-dealkylation sites (N-methyl/N-ethyl adjacent to an activating group) is 1. The van der Waals surface area contributed by atoms with E-state index in [2.05, 4.69) is 10.6 Å². The van der Waals surface area contributed by atoms with Gasteiger partial charge in [-0.05, 0) is 68.6 Å². The van der Waals surface area contributed by atoms with Crippen LogP contribution in [0, 0.1) is 23.7 Å². The Kier molecular flexibility index (Phi) is 19.8. The quantitative estimate of drug-likeness (QED) is 0.219. The Balaban J connectivity index is 0.0000120. The molecule has 2 aliphatic heterocycles. The number of hydrogen-bond donors (Lipinski definition) is 4. The summed E-state index contributed by atoms with van der Waals surface area (Å²) in [4.78, 5) is 99.7. The van der Waals surface area contributed by atoms with Crippen LogP contribution in [-0.2, 0) is 49.5 Å². The van der Waals surface area contributed by atoms with Gasteiger partial charge in [-0.2, -0.15) is 0 Å². The Morgan fingerprint density at radius 3 is 2.12 bits per heavy atom. The smallest absolute Gasteiger partial charge is 0.329 e. The van der Waals surface area contributed by atoms with Crippen LogP contribution in [0.15, 0.2) is 24.3 Å². The third kappa shape index (κ3) is 13.4. The number of rotatable bonds is 8. The number of methoxy groups -OCH3 is 1. The van der Waals surface area contributed by atoms with Gasteiger partial charge in [0, 0.05) is 20.0 Å². The van der Waals surface area contributed by atoms with Crippen molar-refractivity contribution in [3.05, 3.63) is 29.8 Å². The number of cyclic esters (lactones) is 2. The zero-order valence-electron chi connectivity index (χ0n) is 36.1. The fourth-order valence-corrected chi connectivity index (χ4v) is 7.30. The van der Waals surface area contributed by atoms with Gasteiger partial charge in [-0.25, -0.2) is 4.79 Å². The summed E-state index contributed by atoms with van der Waals surface area (Å²) in [7, 11) is 2.97. The van der Waals surface area contributed by atoms with E-state index in [0.29, 0.717) is 30.6 Å². The second kappa shape index (κ2) is 22.9. The van der Waals surface area contributed by atoms with Gasteiger partial charge in [-0.1, -0.05) is 60.1 Å². The predicted molar refractivity (Wildman–Crippen MR) is 221 cm³/mol. The van der Waals surface area contributed by atoms with Crippen molar-refractivity contribution in [1.29, 1.82) is 0 Å². The van der Waals surface area contributed by atoms with E-state index >= 15 is 0 Å². The van der Waals surface area contributed by atoms with Crippen molar-refractivity contribution in [2.75, 3.05) is 20.7 Å². The van der Waals surface area contributed by atoms with Gasteiger partial charge in [0.15, 0.2) is 11.9 Å². The summed E-state index contributed by atoms with van der Waals surface area (Å²) in [5.41, 5.74) is 7.01. The Morgan fingerprint density at radius 2 is 1.56 bits per heavy atom. The molecule has 2 heterocycles. The molecular weight excluding hydrogens is 786 g/mol. The number of carbonyl (C=O) groups excluding carboxylic acids is 7. The maximum Gasteiger partial charge on any atom is 0.329 e. The fraction of sp³-hybridized carbons (Fsp3) is 0.690. The summed E-state index contributed by atoms with van der Waals surface area (Å²) in [6.07, 6.45) is -3.15. The van der Waals surface area contributed by atoms with Crippen LogP contribution in [0.25, 0.3) is 0 Å². The maximum absolute atomic E-state index is 14.4. The number of amides is 4. The molecule has 1 aromatic carbocycles. The lowest BCUT2D eigenvalue weighted by molar-refractivity contribution is -0.162. The van der Waals surface area contributed by atoms with Gasteiger partial charge >= 0.3 is 11.9 Å². The van der Waals surface area contributed by atoms with E-state index in [1.54, 1.807) is 45.0 Å². The number of Topliss-reactive ketones (excluding diaryl/α,β-unsaturated/α-hetero) is 1. The van der Waals surface area contributed by atoms with Gasteiger partial charge in [0.2, 0.25) is 23.6 Å². The largest absolute Gasteiger partial charge is 0.497 e. The van der Waals surface area contributed by atoms with Crippen LogP contribution in [0.3, 0.4) is 0 Å². The van der Waals surface area contributed by atoms with Crippen LogP contribution in [0.1, 0.15) is 93.1 Å². The van der Waals surface area contributed by atoms with E-state index < -0.39 is 108 Å². The molecule has 2 saturated heterocycles. The van der Waals surface area contributed by atoms with Crippen LogP contribution < -0.4 is 21.1 Å². The van der Waals surface area contributed by atoms with E-state index in [-0.39, 0.29) is 43.6 Å². The number of fused-ring (bicyclic) bond motifs is 1. The normalized spacial score (nSPS) is 29.3. The van der Waals surface area contributed by atoms with E-state index in [9.17, 15) is 38.7 Å². The highest BCUT2D eigenvalue weighted by atomic mass is 35.5. The Hall–Kier alpha value is -4.28. The number of ether oxygens (including phenoxy) is 3. The minimum Gasteiger partial charge on any atom is -0.497 e. The molecule has 332 valence electrons. The Bertz CT molecular complexity index is 1630. The summed E-state index contributed by atoms with van der Waals surface area (Å²) in [6, 6.07) is 1.21. The highest BCUT2D eigenvalue weighted by molar-refractivity contribution is 6.05. The van der Waals surface area contributed by atoms with Crippen LogP contribution >= 0.6 is 12.4 Å². The average molecular weight is 852 g/mol. The lowest BCUT2D eigenvalue weighted by Crippen LogP contribution is -2.58. The second-order valence-electron chi connectivity index (χ2n) is 16.5. The lowest BCUT2D eigenvalue weighted by Gasteiger charge is -2.35. The molecule has 59 heavy (non-hydrogen) atoms. The summed E-state index contributed by atoms with van der Waals surface area (Å²) >= 11 is 0. The topological polar surface area (TPSA) is 224 Å². The Labute approximate surface area is 354 Å². The monoisotopic (exact) mass is 851 g/mol. The highest BCUT2D eigenvalue weighted by Crippen LogP contribution is 2.25. The summed E-state index contributed by atoms with van der Waals surface area (Å²) in [5, 5.41) is 16.7. The number of aliphatic hydroxyl groups excluding tert-OH is 1. The zero-order valence-corrected chi connectivity index (χ0v) is 36.9. The number of benzene rings is 1. The highest BCUT2D eigenvalue weighted by Gasteiger charge is 2.43. The fourth-order valence-electron chi connectivity index (χ4n) is 7.30. The predicted octanol–water partition coefficient (Wildman–Crippen LogP) is 2.34. The molecule has 17 heteroatoms. The van der Waals surface area contributed by atoms with Gasteiger partial charge in [0.1, 0.15) is 36.0 Å². The third-order valence-corrected chi connectivity index (χ3v) is 11.2. The number of halogens is 1. The molecule has 16 nitrogen and oxygen atoms in total. The molecule has 3 rings (SSSR count). The molecule has 0 saturated carbocycles. The number of aliphatic hydroxyl groups is 1. The van der Waals surface area contributed by atoms with E-state index in [1.165, 1.54) is 37.8 Å². The number of nitrogens with one attached hydrogen (secondary N) is 2. The van der Waals surface area contributed by atoms with E-state index in [1.807, 2.05) is 20.8 Å². The molecule has 0 aliphatic carbocycles. The van der Waals surface area contributed by atoms with Crippen molar-refractivity contribution in [2.45, 2.75) is 142 Å². The van der Waals surface area contributed by atoms with Crippen molar-refractivity contribution in [3.8, 4) is 5.75 Å². The number of nitrogens with two attached hydrogens (primary N) is 1. The molecule has 10 atom stereocenters. The number of hydrogen-bond acceptors (Lipinski definition) is 12. The Morgan fingerprint density at radius 1 is 0.932 bits per heavy atom. The van der Waals surface area contributed by atoms with Crippen LogP contribution in [0.4, 0.5) is 0 Å². The second-order valence-corrected chi connectivity index (χ2v) is 16.5. The molecule has 0 aromatic heterocycles.